The van der Waals surface area contributed by atoms with E-state index >= 15 is 0 Å². The molecule has 1 heterocycles. The number of imidazole rings is 1. The lowest BCUT2D eigenvalue weighted by Gasteiger charge is -2.04. The quantitative estimate of drug-likeness (QED) is 0.699. The van der Waals surface area contributed by atoms with Crippen molar-refractivity contribution >= 4 is 17.0 Å². The third kappa shape index (κ3) is 3.17. The molecule has 2 rings (SSSR count). The number of hydrogen-bond acceptors (Lipinski definition) is 3. The van der Waals surface area contributed by atoms with Crippen LogP contribution in [0.2, 0.25) is 0 Å². The van der Waals surface area contributed by atoms with Crippen LogP contribution in [-0.4, -0.2) is 27.7 Å². The Kier molecular flexibility index (Phi) is 3.58. The molecule has 2 aromatic rings. The molecule has 0 aliphatic rings. The summed E-state index contributed by atoms with van der Waals surface area (Å²) in [5, 5.41) is 12.2. The van der Waals surface area contributed by atoms with Gasteiger partial charge in [0.05, 0.1) is 17.1 Å². The normalized spacial score (nSPS) is 12.9. The summed E-state index contributed by atoms with van der Waals surface area (Å²) in [6, 6.07) is 4.45. The van der Waals surface area contributed by atoms with Crippen molar-refractivity contribution in [3.05, 3.63) is 24.0 Å². The van der Waals surface area contributed by atoms with E-state index in [1.807, 2.05) is 0 Å². The SMILES string of the molecule is CC(O)CCCNc1nc2ccc(F)cc2[nH]1. The third-order valence-corrected chi connectivity index (χ3v) is 2.54. The fourth-order valence-electron chi connectivity index (χ4n) is 1.67. The Bertz CT molecular complexity index is 495. The summed E-state index contributed by atoms with van der Waals surface area (Å²) in [5.74, 6) is 0.359. The van der Waals surface area contributed by atoms with Gasteiger partial charge in [-0.3, -0.25) is 0 Å². The maximum atomic E-state index is 12.9. The van der Waals surface area contributed by atoms with Gasteiger partial charge in [0.1, 0.15) is 5.82 Å². The van der Waals surface area contributed by atoms with Gasteiger partial charge in [-0.1, -0.05) is 0 Å². The summed E-state index contributed by atoms with van der Waals surface area (Å²) >= 11 is 0. The first-order valence-electron chi connectivity index (χ1n) is 5.72. The number of aliphatic hydroxyl groups is 1. The number of benzene rings is 1. The second-order valence-corrected chi connectivity index (χ2v) is 4.16. The number of hydrogen-bond donors (Lipinski definition) is 3. The molecule has 1 aromatic carbocycles. The van der Waals surface area contributed by atoms with Crippen LogP contribution in [0.3, 0.4) is 0 Å². The van der Waals surface area contributed by atoms with E-state index < -0.39 is 0 Å². The standard InChI is InChI=1S/C12H16FN3O/c1-8(17)3-2-6-14-12-15-10-5-4-9(13)7-11(10)16-12/h4-5,7-8,17H,2-3,6H2,1H3,(H2,14,15,16). The lowest BCUT2D eigenvalue weighted by atomic mass is 10.2. The van der Waals surface area contributed by atoms with Crippen LogP contribution in [-0.2, 0) is 0 Å². The molecule has 0 aliphatic carbocycles. The van der Waals surface area contributed by atoms with Crippen molar-refractivity contribution in [1.29, 1.82) is 0 Å². The number of aliphatic hydroxyl groups excluding tert-OH is 1. The van der Waals surface area contributed by atoms with Gasteiger partial charge in [0.25, 0.3) is 0 Å². The molecule has 3 N–H and O–H groups in total. The summed E-state index contributed by atoms with van der Waals surface area (Å²) < 4.78 is 12.9. The predicted octanol–water partition coefficient (Wildman–Crippen LogP) is 2.27. The summed E-state index contributed by atoms with van der Waals surface area (Å²) in [5.41, 5.74) is 1.42. The van der Waals surface area contributed by atoms with Crippen LogP contribution >= 0.6 is 0 Å². The molecule has 17 heavy (non-hydrogen) atoms. The topological polar surface area (TPSA) is 60.9 Å². The minimum Gasteiger partial charge on any atom is -0.393 e. The minimum absolute atomic E-state index is 0.276. The number of rotatable bonds is 5. The highest BCUT2D eigenvalue weighted by atomic mass is 19.1. The third-order valence-electron chi connectivity index (χ3n) is 2.54. The maximum absolute atomic E-state index is 12.9. The van der Waals surface area contributed by atoms with Crippen LogP contribution < -0.4 is 5.32 Å². The zero-order chi connectivity index (χ0) is 12.3. The summed E-state index contributed by atoms with van der Waals surface area (Å²) in [6.07, 6.45) is 1.34. The monoisotopic (exact) mass is 237 g/mol. The predicted molar refractivity (Wildman–Crippen MR) is 65.5 cm³/mol. The van der Waals surface area contributed by atoms with E-state index in [2.05, 4.69) is 15.3 Å². The number of aromatic amines is 1. The zero-order valence-corrected chi connectivity index (χ0v) is 9.70. The molecule has 1 atom stereocenters. The lowest BCUT2D eigenvalue weighted by molar-refractivity contribution is 0.183. The Hall–Kier alpha value is -1.62. The molecule has 1 aromatic heterocycles. The average molecular weight is 237 g/mol. The molecule has 4 nitrogen and oxygen atoms in total. The molecule has 0 bridgehead atoms. The largest absolute Gasteiger partial charge is 0.393 e. The Morgan fingerprint density at radius 2 is 2.35 bits per heavy atom. The smallest absolute Gasteiger partial charge is 0.201 e. The van der Waals surface area contributed by atoms with Crippen LogP contribution in [0.15, 0.2) is 18.2 Å². The van der Waals surface area contributed by atoms with E-state index in [9.17, 15) is 4.39 Å². The first-order valence-corrected chi connectivity index (χ1v) is 5.72. The van der Waals surface area contributed by atoms with Gasteiger partial charge < -0.3 is 15.4 Å². The fraction of sp³-hybridized carbons (Fsp3) is 0.417. The van der Waals surface area contributed by atoms with Crippen LogP contribution in [0.1, 0.15) is 19.8 Å². The van der Waals surface area contributed by atoms with Crippen molar-refractivity contribution < 1.29 is 9.50 Å². The minimum atomic E-state index is -0.276. The molecule has 0 saturated heterocycles. The van der Waals surface area contributed by atoms with E-state index in [1.54, 1.807) is 13.0 Å². The molecule has 0 radical (unpaired) electrons. The fourth-order valence-corrected chi connectivity index (χ4v) is 1.67. The van der Waals surface area contributed by atoms with Crippen LogP contribution in [0.5, 0.6) is 0 Å². The number of anilines is 1. The van der Waals surface area contributed by atoms with Crippen LogP contribution in [0.4, 0.5) is 10.3 Å². The molecular weight excluding hydrogens is 221 g/mol. The van der Waals surface area contributed by atoms with Crippen molar-refractivity contribution in [2.24, 2.45) is 0 Å². The van der Waals surface area contributed by atoms with Gasteiger partial charge in [-0.2, -0.15) is 0 Å². The molecule has 92 valence electrons. The number of nitrogens with zero attached hydrogens (tertiary/aromatic N) is 1. The molecule has 0 saturated carbocycles. The second-order valence-electron chi connectivity index (χ2n) is 4.16. The molecule has 0 fully saturated rings. The Labute approximate surface area is 98.9 Å². The number of nitrogens with one attached hydrogen (secondary N) is 2. The zero-order valence-electron chi connectivity index (χ0n) is 9.70. The van der Waals surface area contributed by atoms with E-state index in [1.165, 1.54) is 12.1 Å². The summed E-state index contributed by atoms with van der Waals surface area (Å²) in [6.45, 7) is 2.50. The van der Waals surface area contributed by atoms with Crippen molar-refractivity contribution in [3.63, 3.8) is 0 Å². The molecule has 5 heteroatoms. The van der Waals surface area contributed by atoms with Crippen molar-refractivity contribution in [2.45, 2.75) is 25.9 Å². The number of aromatic nitrogens is 2. The average Bonchev–Trinajstić information content (AvgIpc) is 2.66. The van der Waals surface area contributed by atoms with Gasteiger partial charge in [0.2, 0.25) is 5.95 Å². The van der Waals surface area contributed by atoms with Gasteiger partial charge in [-0.25, -0.2) is 9.37 Å². The Balaban J connectivity index is 1.95. The van der Waals surface area contributed by atoms with Gasteiger partial charge >= 0.3 is 0 Å². The Morgan fingerprint density at radius 3 is 3.12 bits per heavy atom. The molecule has 0 aliphatic heterocycles. The van der Waals surface area contributed by atoms with Crippen LogP contribution in [0.25, 0.3) is 11.0 Å². The van der Waals surface area contributed by atoms with E-state index in [4.69, 9.17) is 5.11 Å². The maximum Gasteiger partial charge on any atom is 0.201 e. The van der Waals surface area contributed by atoms with E-state index in [0.29, 0.717) is 11.5 Å². The first-order chi connectivity index (χ1) is 8.15. The van der Waals surface area contributed by atoms with Crippen molar-refractivity contribution in [1.82, 2.24) is 9.97 Å². The van der Waals surface area contributed by atoms with Gasteiger partial charge in [-0.15, -0.1) is 0 Å². The van der Waals surface area contributed by atoms with E-state index in [-0.39, 0.29) is 11.9 Å². The molecular formula is C12H16FN3O. The number of halogens is 1. The van der Waals surface area contributed by atoms with Gasteiger partial charge in [0.15, 0.2) is 0 Å². The van der Waals surface area contributed by atoms with Crippen molar-refractivity contribution in [3.8, 4) is 0 Å². The highest BCUT2D eigenvalue weighted by molar-refractivity contribution is 5.77. The first kappa shape index (κ1) is 11.9. The van der Waals surface area contributed by atoms with Crippen molar-refractivity contribution in [2.75, 3.05) is 11.9 Å². The lowest BCUT2D eigenvalue weighted by Crippen LogP contribution is -2.07. The number of H-pyrrole nitrogens is 1. The summed E-state index contributed by atoms with van der Waals surface area (Å²) in [4.78, 5) is 7.27. The molecule has 0 amide bonds. The molecule has 1 unspecified atom stereocenters. The summed E-state index contributed by atoms with van der Waals surface area (Å²) in [7, 11) is 0. The highest BCUT2D eigenvalue weighted by Crippen LogP contribution is 2.15. The second kappa shape index (κ2) is 5.14. The van der Waals surface area contributed by atoms with Gasteiger partial charge in [-0.05, 0) is 38.0 Å². The van der Waals surface area contributed by atoms with Crippen LogP contribution in [0, 0.1) is 5.82 Å². The Morgan fingerprint density at radius 1 is 1.53 bits per heavy atom. The highest BCUT2D eigenvalue weighted by Gasteiger charge is 2.03. The van der Waals surface area contributed by atoms with E-state index in [0.717, 1.165) is 24.9 Å². The van der Waals surface area contributed by atoms with Gasteiger partial charge in [0, 0.05) is 6.54 Å². The number of fused-ring (bicyclic) bond motifs is 1. The molecule has 0 spiro atoms.